The highest BCUT2D eigenvalue weighted by atomic mass is 35.5. The lowest BCUT2D eigenvalue weighted by molar-refractivity contribution is 1.32. The number of pyridine rings is 1. The summed E-state index contributed by atoms with van der Waals surface area (Å²) in [5.41, 5.74) is 0.808. The predicted octanol–water partition coefficient (Wildman–Crippen LogP) is 2.76. The van der Waals surface area contributed by atoms with Gasteiger partial charge in [0.2, 0.25) is 0 Å². The number of hydrogen-bond acceptors (Lipinski definition) is 2. The third kappa shape index (κ3) is 1.82. The number of rotatable bonds is 1. The molecule has 2 aromatic rings. The summed E-state index contributed by atoms with van der Waals surface area (Å²) in [5, 5.41) is 0. The van der Waals surface area contributed by atoms with Crippen LogP contribution in [0.1, 0.15) is 0 Å². The minimum absolute atomic E-state index is 0.00160. The van der Waals surface area contributed by atoms with Crippen LogP contribution < -0.4 is 5.43 Å². The minimum atomic E-state index is -0.00160. The number of thiophene rings is 1. The van der Waals surface area contributed by atoms with Crippen molar-refractivity contribution in [3.05, 3.63) is 45.0 Å². The van der Waals surface area contributed by atoms with Crippen molar-refractivity contribution in [2.24, 2.45) is 0 Å². The molecular formula is C9H6ClNOS. The second kappa shape index (κ2) is 3.36. The lowest BCUT2D eigenvalue weighted by Gasteiger charge is -1.94. The van der Waals surface area contributed by atoms with Gasteiger partial charge < -0.3 is 4.98 Å². The van der Waals surface area contributed by atoms with E-state index < -0.39 is 0 Å². The van der Waals surface area contributed by atoms with E-state index in [1.807, 2.05) is 12.1 Å². The molecule has 0 unspecified atom stereocenters. The Morgan fingerprint density at radius 2 is 2.15 bits per heavy atom. The van der Waals surface area contributed by atoms with E-state index in [4.69, 9.17) is 11.6 Å². The number of nitrogens with one attached hydrogen (secondary N) is 1. The molecule has 0 aromatic carbocycles. The van der Waals surface area contributed by atoms with Crippen LogP contribution in [-0.2, 0) is 0 Å². The third-order valence-electron chi connectivity index (χ3n) is 1.61. The summed E-state index contributed by atoms with van der Waals surface area (Å²) in [7, 11) is 0. The molecule has 0 bridgehead atoms. The molecule has 0 aliphatic rings. The summed E-state index contributed by atoms with van der Waals surface area (Å²) in [4.78, 5) is 15.0. The zero-order valence-corrected chi connectivity index (χ0v) is 8.15. The molecule has 2 heterocycles. The highest BCUT2D eigenvalue weighted by molar-refractivity contribution is 7.19. The molecule has 0 atom stereocenters. The Hall–Kier alpha value is -1.06. The van der Waals surface area contributed by atoms with Gasteiger partial charge in [0.05, 0.1) is 14.9 Å². The molecule has 0 aliphatic carbocycles. The Labute approximate surface area is 83.8 Å². The Bertz CT molecular complexity index is 474. The lowest BCUT2D eigenvalue weighted by Crippen LogP contribution is -1.96. The van der Waals surface area contributed by atoms with E-state index in [0.29, 0.717) is 0 Å². The Morgan fingerprint density at radius 1 is 1.31 bits per heavy atom. The van der Waals surface area contributed by atoms with Crippen LogP contribution in [0.5, 0.6) is 0 Å². The molecule has 2 nitrogen and oxygen atoms in total. The number of aromatic nitrogens is 1. The summed E-state index contributed by atoms with van der Waals surface area (Å²) >= 11 is 7.22. The van der Waals surface area contributed by atoms with Gasteiger partial charge in [-0.2, -0.15) is 0 Å². The molecule has 0 saturated carbocycles. The number of H-pyrrole nitrogens is 1. The zero-order chi connectivity index (χ0) is 9.26. The van der Waals surface area contributed by atoms with Crippen molar-refractivity contribution in [2.45, 2.75) is 0 Å². The minimum Gasteiger partial charge on any atom is -0.360 e. The molecule has 2 rings (SSSR count). The molecule has 13 heavy (non-hydrogen) atoms. The molecule has 0 spiro atoms. The second-order valence-electron chi connectivity index (χ2n) is 2.54. The van der Waals surface area contributed by atoms with Crippen LogP contribution in [0.25, 0.3) is 10.6 Å². The molecule has 0 radical (unpaired) electrons. The van der Waals surface area contributed by atoms with Gasteiger partial charge in [0, 0.05) is 18.3 Å². The smallest absolute Gasteiger partial charge is 0.182 e. The van der Waals surface area contributed by atoms with Crippen molar-refractivity contribution < 1.29 is 0 Å². The fourth-order valence-electron chi connectivity index (χ4n) is 1.05. The Balaban J connectivity index is 2.52. The largest absolute Gasteiger partial charge is 0.360 e. The fourth-order valence-corrected chi connectivity index (χ4v) is 2.07. The van der Waals surface area contributed by atoms with Gasteiger partial charge in [0.1, 0.15) is 0 Å². The van der Waals surface area contributed by atoms with E-state index >= 15 is 0 Å². The molecule has 0 aliphatic heterocycles. The van der Waals surface area contributed by atoms with Crippen molar-refractivity contribution in [1.29, 1.82) is 0 Å². The SMILES string of the molecule is O=c1cc[nH]c(-c2ccc(Cl)s2)c1. The first-order chi connectivity index (χ1) is 6.25. The summed E-state index contributed by atoms with van der Waals surface area (Å²) in [6, 6.07) is 6.74. The molecule has 1 N–H and O–H groups in total. The maximum absolute atomic E-state index is 11.0. The van der Waals surface area contributed by atoms with Gasteiger partial charge >= 0.3 is 0 Å². The van der Waals surface area contributed by atoms with Crippen molar-refractivity contribution in [3.8, 4) is 10.6 Å². The van der Waals surface area contributed by atoms with Crippen molar-refractivity contribution in [3.63, 3.8) is 0 Å². The maximum Gasteiger partial charge on any atom is 0.182 e. The van der Waals surface area contributed by atoms with E-state index in [-0.39, 0.29) is 5.43 Å². The third-order valence-corrected chi connectivity index (χ3v) is 2.88. The van der Waals surface area contributed by atoms with E-state index in [1.54, 1.807) is 12.3 Å². The van der Waals surface area contributed by atoms with Crippen LogP contribution in [0.4, 0.5) is 0 Å². The number of hydrogen-bond donors (Lipinski definition) is 1. The van der Waals surface area contributed by atoms with Gasteiger partial charge in [0.15, 0.2) is 5.43 Å². The van der Waals surface area contributed by atoms with Gasteiger partial charge in [-0.3, -0.25) is 4.79 Å². The van der Waals surface area contributed by atoms with E-state index in [9.17, 15) is 4.79 Å². The summed E-state index contributed by atoms with van der Waals surface area (Å²) in [6.07, 6.45) is 1.63. The molecule has 0 amide bonds. The number of aromatic amines is 1. The Morgan fingerprint density at radius 3 is 2.77 bits per heavy atom. The first kappa shape index (κ1) is 8.53. The first-order valence-electron chi connectivity index (χ1n) is 3.70. The van der Waals surface area contributed by atoms with Gasteiger partial charge in [-0.05, 0) is 12.1 Å². The van der Waals surface area contributed by atoms with Gasteiger partial charge in [0.25, 0.3) is 0 Å². The van der Waals surface area contributed by atoms with Crippen molar-refractivity contribution >= 4 is 22.9 Å². The second-order valence-corrected chi connectivity index (χ2v) is 4.26. The monoisotopic (exact) mass is 211 g/mol. The fraction of sp³-hybridized carbons (Fsp3) is 0. The van der Waals surface area contributed by atoms with Crippen LogP contribution >= 0.6 is 22.9 Å². The van der Waals surface area contributed by atoms with Gasteiger partial charge in [-0.25, -0.2) is 0 Å². The lowest BCUT2D eigenvalue weighted by atomic mass is 10.3. The van der Waals surface area contributed by atoms with Crippen LogP contribution in [0.15, 0.2) is 35.3 Å². The quantitative estimate of drug-likeness (QED) is 0.773. The van der Waals surface area contributed by atoms with E-state index in [2.05, 4.69) is 4.98 Å². The van der Waals surface area contributed by atoms with Gasteiger partial charge in [-0.15, -0.1) is 11.3 Å². The highest BCUT2D eigenvalue weighted by Gasteiger charge is 2.01. The summed E-state index contributed by atoms with van der Waals surface area (Å²) in [5.74, 6) is 0. The number of halogens is 1. The van der Waals surface area contributed by atoms with Crippen LogP contribution in [0.2, 0.25) is 4.34 Å². The zero-order valence-electron chi connectivity index (χ0n) is 6.58. The summed E-state index contributed by atoms with van der Waals surface area (Å²) < 4.78 is 0.722. The average molecular weight is 212 g/mol. The summed E-state index contributed by atoms with van der Waals surface area (Å²) in [6.45, 7) is 0. The van der Waals surface area contributed by atoms with Gasteiger partial charge in [-0.1, -0.05) is 11.6 Å². The van der Waals surface area contributed by atoms with Crippen molar-refractivity contribution in [1.82, 2.24) is 4.98 Å². The van der Waals surface area contributed by atoms with Crippen molar-refractivity contribution in [2.75, 3.05) is 0 Å². The molecule has 0 fully saturated rings. The highest BCUT2D eigenvalue weighted by Crippen LogP contribution is 2.28. The molecule has 66 valence electrons. The molecule has 4 heteroatoms. The van der Waals surface area contributed by atoms with Crippen LogP contribution in [0, 0.1) is 0 Å². The predicted molar refractivity (Wildman–Crippen MR) is 55.4 cm³/mol. The van der Waals surface area contributed by atoms with Crippen LogP contribution in [-0.4, -0.2) is 4.98 Å². The Kier molecular flexibility index (Phi) is 2.20. The van der Waals surface area contributed by atoms with E-state index in [1.165, 1.54) is 17.4 Å². The normalized spacial score (nSPS) is 10.2. The first-order valence-corrected chi connectivity index (χ1v) is 4.89. The average Bonchev–Trinajstić information content (AvgIpc) is 2.52. The molecular weight excluding hydrogens is 206 g/mol. The van der Waals surface area contributed by atoms with E-state index in [0.717, 1.165) is 14.9 Å². The maximum atomic E-state index is 11.0. The molecule has 0 saturated heterocycles. The van der Waals surface area contributed by atoms with Crippen LogP contribution in [0.3, 0.4) is 0 Å². The molecule has 2 aromatic heterocycles. The standard InChI is InChI=1S/C9H6ClNOS/c10-9-2-1-8(13-9)7-5-6(12)3-4-11-7/h1-5H,(H,11,12). The topological polar surface area (TPSA) is 32.9 Å².